The molecule has 0 saturated heterocycles. The third-order valence-electron chi connectivity index (χ3n) is 6.61. The van der Waals surface area contributed by atoms with Gasteiger partial charge in [-0.15, -0.1) is 0 Å². The molecule has 0 fully saturated rings. The quantitative estimate of drug-likeness (QED) is 0.156. The van der Waals surface area contributed by atoms with Gasteiger partial charge in [-0.3, -0.25) is 19.9 Å². The summed E-state index contributed by atoms with van der Waals surface area (Å²) in [6.07, 6.45) is 1.60. The smallest absolute Gasteiger partial charge is 0.324 e. The molecule has 4 aromatic carbocycles. The molecule has 0 atom stereocenters. The summed E-state index contributed by atoms with van der Waals surface area (Å²) in [6, 6.07) is 35.6. The highest BCUT2D eigenvalue weighted by Gasteiger charge is 2.16. The molecule has 0 unspecified atom stereocenters. The van der Waals surface area contributed by atoms with E-state index in [0.717, 1.165) is 27.7 Å². The number of hydrogen-bond donors (Lipinski definition) is 3. The Morgan fingerprint density at radius 2 is 1.52 bits per heavy atom. The van der Waals surface area contributed by atoms with Gasteiger partial charge in [0.25, 0.3) is 0 Å². The largest absolute Gasteiger partial charge is 0.457 e. The Kier molecular flexibility index (Phi) is 8.24. The normalized spacial score (nSPS) is 10.8. The number of hydroxylamine groups is 1. The minimum atomic E-state index is -0.418. The molecule has 0 aliphatic rings. The number of aromatic nitrogens is 3. The number of benzene rings is 4. The minimum Gasteiger partial charge on any atom is -0.457 e. The van der Waals surface area contributed by atoms with Crippen LogP contribution in [0.2, 0.25) is 0 Å². The van der Waals surface area contributed by atoms with E-state index in [1.54, 1.807) is 35.1 Å². The van der Waals surface area contributed by atoms with Crippen molar-refractivity contribution >= 4 is 34.2 Å². The third kappa shape index (κ3) is 6.56. The number of nitrogens with zero attached hydrogens (tertiary/aromatic N) is 3. The molecule has 0 aliphatic carbocycles. The summed E-state index contributed by atoms with van der Waals surface area (Å²) in [4.78, 5) is 33.8. The lowest BCUT2D eigenvalue weighted by Gasteiger charge is -2.14. The minimum absolute atomic E-state index is 0.0888. The molecular formula is C34H28N6O4. The highest BCUT2D eigenvalue weighted by Crippen LogP contribution is 2.35. The fourth-order valence-corrected chi connectivity index (χ4v) is 4.66. The van der Waals surface area contributed by atoms with Crippen LogP contribution in [0.25, 0.3) is 27.7 Å². The Morgan fingerprint density at radius 1 is 0.795 bits per heavy atom. The number of anilines is 2. The second-order valence-electron chi connectivity index (χ2n) is 9.80. The first-order valence-corrected chi connectivity index (χ1v) is 13.9. The predicted molar refractivity (Wildman–Crippen MR) is 169 cm³/mol. The first kappa shape index (κ1) is 28.1. The van der Waals surface area contributed by atoms with E-state index in [1.165, 1.54) is 6.92 Å². The van der Waals surface area contributed by atoms with Gasteiger partial charge in [-0.25, -0.2) is 15.0 Å². The van der Waals surface area contributed by atoms with E-state index in [1.807, 2.05) is 91.0 Å². The number of ether oxygens (including phenoxy) is 1. The Balaban J connectivity index is 1.23. The fraction of sp³-hybridized carbons (Fsp3) is 0.0588. The SMILES string of the molecule is CC(=O)NOCc1cc(Oc2ccc(NC(=O)Nc3cc(-c4ccccc4)nn3-c3ccccc3)c3ccccc23)ccn1. The summed E-state index contributed by atoms with van der Waals surface area (Å²) >= 11 is 0. The zero-order chi connectivity index (χ0) is 30.3. The Morgan fingerprint density at radius 3 is 2.30 bits per heavy atom. The van der Waals surface area contributed by atoms with Crippen LogP contribution in [0, 0.1) is 0 Å². The Hall–Kier alpha value is -6.00. The van der Waals surface area contributed by atoms with Crippen LogP contribution in [0.1, 0.15) is 12.6 Å². The summed E-state index contributed by atoms with van der Waals surface area (Å²) in [6.45, 7) is 1.45. The van der Waals surface area contributed by atoms with Gasteiger partial charge in [0.1, 0.15) is 23.9 Å². The molecule has 2 aromatic heterocycles. The van der Waals surface area contributed by atoms with Gasteiger partial charge in [-0.1, -0.05) is 72.8 Å². The van der Waals surface area contributed by atoms with Crippen LogP contribution in [-0.4, -0.2) is 26.7 Å². The molecule has 0 bridgehead atoms. The van der Waals surface area contributed by atoms with Gasteiger partial charge in [-0.2, -0.15) is 5.10 Å². The molecule has 0 radical (unpaired) electrons. The average Bonchev–Trinajstić information content (AvgIpc) is 3.47. The molecule has 6 rings (SSSR count). The van der Waals surface area contributed by atoms with Crippen molar-refractivity contribution in [1.29, 1.82) is 0 Å². The lowest BCUT2D eigenvalue weighted by molar-refractivity contribution is -0.132. The van der Waals surface area contributed by atoms with Crippen molar-refractivity contribution in [2.24, 2.45) is 0 Å². The number of hydrogen-bond acceptors (Lipinski definition) is 6. The maximum atomic E-state index is 13.4. The number of para-hydroxylation sites is 1. The lowest BCUT2D eigenvalue weighted by Crippen LogP contribution is -2.21. The molecule has 44 heavy (non-hydrogen) atoms. The number of rotatable bonds is 9. The molecule has 10 heteroatoms. The van der Waals surface area contributed by atoms with E-state index in [4.69, 9.17) is 14.7 Å². The molecule has 0 spiro atoms. The molecule has 2 heterocycles. The summed E-state index contributed by atoms with van der Waals surface area (Å²) in [5.41, 5.74) is 5.96. The van der Waals surface area contributed by atoms with Crippen molar-refractivity contribution in [2.75, 3.05) is 10.6 Å². The highest BCUT2D eigenvalue weighted by atomic mass is 16.6. The Labute approximate surface area is 253 Å². The van der Waals surface area contributed by atoms with Crippen molar-refractivity contribution in [1.82, 2.24) is 20.2 Å². The van der Waals surface area contributed by atoms with E-state index in [9.17, 15) is 9.59 Å². The van der Waals surface area contributed by atoms with Gasteiger partial charge in [0.2, 0.25) is 5.91 Å². The maximum absolute atomic E-state index is 13.4. The molecule has 3 N–H and O–H groups in total. The molecule has 6 aromatic rings. The first-order chi connectivity index (χ1) is 21.5. The summed E-state index contributed by atoms with van der Waals surface area (Å²) in [7, 11) is 0. The van der Waals surface area contributed by atoms with E-state index < -0.39 is 6.03 Å². The number of pyridine rings is 1. The van der Waals surface area contributed by atoms with Crippen LogP contribution < -0.4 is 20.9 Å². The Bertz CT molecular complexity index is 1930. The summed E-state index contributed by atoms with van der Waals surface area (Å²) in [5, 5.41) is 12.3. The van der Waals surface area contributed by atoms with Gasteiger partial charge in [0.05, 0.1) is 22.8 Å². The van der Waals surface area contributed by atoms with Crippen molar-refractivity contribution in [3.8, 4) is 28.4 Å². The molecule has 3 amide bonds. The zero-order valence-corrected chi connectivity index (χ0v) is 23.7. The van der Waals surface area contributed by atoms with E-state index in [0.29, 0.717) is 28.7 Å². The van der Waals surface area contributed by atoms with Crippen LogP contribution in [0.4, 0.5) is 16.3 Å². The van der Waals surface area contributed by atoms with Crippen LogP contribution >= 0.6 is 0 Å². The molecule has 10 nitrogen and oxygen atoms in total. The van der Waals surface area contributed by atoms with Crippen molar-refractivity contribution < 1.29 is 19.2 Å². The number of carbonyl (C=O) groups excluding carboxylic acids is 2. The van der Waals surface area contributed by atoms with Gasteiger partial charge in [-0.05, 0) is 30.3 Å². The van der Waals surface area contributed by atoms with Crippen molar-refractivity contribution in [3.05, 3.63) is 127 Å². The molecule has 0 saturated carbocycles. The van der Waals surface area contributed by atoms with Crippen LogP contribution in [-0.2, 0) is 16.2 Å². The first-order valence-electron chi connectivity index (χ1n) is 13.9. The van der Waals surface area contributed by atoms with Crippen LogP contribution in [0.3, 0.4) is 0 Å². The number of urea groups is 1. The van der Waals surface area contributed by atoms with Gasteiger partial charge < -0.3 is 10.1 Å². The van der Waals surface area contributed by atoms with Crippen molar-refractivity contribution in [2.45, 2.75) is 13.5 Å². The lowest BCUT2D eigenvalue weighted by atomic mass is 10.1. The van der Waals surface area contributed by atoms with Gasteiger partial charge >= 0.3 is 6.03 Å². The van der Waals surface area contributed by atoms with Gasteiger partial charge in [0.15, 0.2) is 0 Å². The van der Waals surface area contributed by atoms with E-state index in [2.05, 4.69) is 21.1 Å². The van der Waals surface area contributed by atoms with Crippen LogP contribution in [0.5, 0.6) is 11.5 Å². The van der Waals surface area contributed by atoms with Crippen LogP contribution in [0.15, 0.2) is 121 Å². The third-order valence-corrected chi connectivity index (χ3v) is 6.61. The summed E-state index contributed by atoms with van der Waals surface area (Å²) < 4.78 is 7.91. The number of nitrogens with one attached hydrogen (secondary N) is 3. The summed E-state index contributed by atoms with van der Waals surface area (Å²) in [5.74, 6) is 1.37. The van der Waals surface area contributed by atoms with Crippen molar-refractivity contribution in [3.63, 3.8) is 0 Å². The second-order valence-corrected chi connectivity index (χ2v) is 9.80. The predicted octanol–water partition coefficient (Wildman–Crippen LogP) is 7.09. The molecule has 0 aliphatic heterocycles. The van der Waals surface area contributed by atoms with E-state index in [-0.39, 0.29) is 12.5 Å². The van der Waals surface area contributed by atoms with Gasteiger partial charge in [0, 0.05) is 41.6 Å². The maximum Gasteiger partial charge on any atom is 0.324 e. The standard InChI is InChI=1S/C34H28N6O4/c1-23(41)39-43-22-25-20-27(18-19-35-25)44-32-17-16-30(28-14-8-9-15-29(28)32)36-34(42)37-33-21-31(24-10-4-2-5-11-24)38-40(33)26-12-6-3-7-13-26/h2-21H,22H2,1H3,(H,39,41)(H2,36,37,42). The second kappa shape index (κ2) is 12.9. The fourth-order valence-electron chi connectivity index (χ4n) is 4.66. The number of amides is 3. The molecular weight excluding hydrogens is 556 g/mol. The number of carbonyl (C=O) groups is 2. The van der Waals surface area contributed by atoms with E-state index >= 15 is 0 Å². The monoisotopic (exact) mass is 584 g/mol. The molecule has 218 valence electrons. The average molecular weight is 585 g/mol. The number of fused-ring (bicyclic) bond motifs is 1. The topological polar surface area (TPSA) is 119 Å². The highest BCUT2D eigenvalue weighted by molar-refractivity contribution is 6.07. The zero-order valence-electron chi connectivity index (χ0n) is 23.7.